The molecule has 1 aromatic heterocycles. The van der Waals surface area contributed by atoms with Gasteiger partial charge in [0.1, 0.15) is 5.82 Å². The monoisotopic (exact) mass is 328 g/mol. The van der Waals surface area contributed by atoms with Crippen LogP contribution in [0.15, 0.2) is 28.1 Å². The van der Waals surface area contributed by atoms with E-state index in [1.54, 1.807) is 23.5 Å². The summed E-state index contributed by atoms with van der Waals surface area (Å²) in [5.74, 6) is -0.219. The van der Waals surface area contributed by atoms with Crippen molar-refractivity contribution in [3.8, 4) is 0 Å². The largest absolute Gasteiger partial charge is 0.313 e. The van der Waals surface area contributed by atoms with Gasteiger partial charge in [-0.15, -0.1) is 11.3 Å². The van der Waals surface area contributed by atoms with Crippen molar-refractivity contribution in [1.82, 2.24) is 10.3 Å². The fraction of sp³-hybridized carbons (Fsp3) is 0.308. The zero-order valence-corrected chi connectivity index (χ0v) is 12.6. The Morgan fingerprint density at radius 2 is 2.28 bits per heavy atom. The summed E-state index contributed by atoms with van der Waals surface area (Å²) in [4.78, 5) is 4.45. The highest BCUT2D eigenvalue weighted by atomic mass is 79.9. The highest BCUT2D eigenvalue weighted by Gasteiger charge is 2.15. The molecule has 96 valence electrons. The van der Waals surface area contributed by atoms with Crippen LogP contribution in [-0.2, 0) is 6.42 Å². The Labute approximate surface area is 118 Å². The van der Waals surface area contributed by atoms with Gasteiger partial charge in [0.05, 0.1) is 5.01 Å². The predicted molar refractivity (Wildman–Crippen MR) is 76.5 cm³/mol. The van der Waals surface area contributed by atoms with Crippen molar-refractivity contribution in [3.63, 3.8) is 0 Å². The zero-order chi connectivity index (χ0) is 13.1. The first-order valence-electron chi connectivity index (χ1n) is 5.63. The molecule has 0 aliphatic carbocycles. The maximum Gasteiger partial charge on any atom is 0.123 e. The van der Waals surface area contributed by atoms with Crippen LogP contribution >= 0.6 is 27.3 Å². The van der Waals surface area contributed by atoms with Gasteiger partial charge < -0.3 is 5.32 Å². The van der Waals surface area contributed by atoms with Crippen LogP contribution in [-0.4, -0.2) is 12.0 Å². The third-order valence-corrected chi connectivity index (χ3v) is 4.44. The van der Waals surface area contributed by atoms with Gasteiger partial charge in [-0.05, 0) is 37.7 Å². The van der Waals surface area contributed by atoms with E-state index in [-0.39, 0.29) is 11.9 Å². The van der Waals surface area contributed by atoms with E-state index in [0.717, 1.165) is 27.2 Å². The number of halogens is 2. The molecular weight excluding hydrogens is 315 g/mol. The molecule has 0 bridgehead atoms. The topological polar surface area (TPSA) is 24.9 Å². The molecule has 0 aliphatic heterocycles. The predicted octanol–water partition coefficient (Wildman–Crippen LogP) is 3.86. The molecule has 2 aromatic rings. The van der Waals surface area contributed by atoms with Crippen molar-refractivity contribution in [2.45, 2.75) is 19.4 Å². The van der Waals surface area contributed by atoms with Crippen LogP contribution in [0.5, 0.6) is 0 Å². The molecule has 0 aliphatic rings. The van der Waals surface area contributed by atoms with Gasteiger partial charge in [-0.2, -0.15) is 0 Å². The Kier molecular flexibility index (Phi) is 4.48. The average Bonchev–Trinajstić information content (AvgIpc) is 2.75. The number of nitrogens with one attached hydrogen (secondary N) is 1. The number of benzene rings is 1. The molecule has 1 atom stereocenters. The first-order valence-corrected chi connectivity index (χ1v) is 7.30. The molecule has 1 unspecified atom stereocenters. The summed E-state index contributed by atoms with van der Waals surface area (Å²) in [6.45, 7) is 1.98. The Morgan fingerprint density at radius 3 is 2.89 bits per heavy atom. The lowest BCUT2D eigenvalue weighted by Crippen LogP contribution is -2.19. The molecule has 0 fully saturated rings. The minimum atomic E-state index is -0.219. The third kappa shape index (κ3) is 3.16. The summed E-state index contributed by atoms with van der Waals surface area (Å²) in [6, 6.07) is 4.81. The molecule has 1 aromatic carbocycles. The van der Waals surface area contributed by atoms with Crippen LogP contribution in [0.1, 0.15) is 22.3 Å². The van der Waals surface area contributed by atoms with Crippen LogP contribution in [0.3, 0.4) is 0 Å². The molecular formula is C13H14BrFN2S. The lowest BCUT2D eigenvalue weighted by Gasteiger charge is -2.17. The van der Waals surface area contributed by atoms with Gasteiger partial charge in [-0.3, -0.25) is 0 Å². The first-order chi connectivity index (χ1) is 8.60. The molecule has 0 saturated heterocycles. The summed E-state index contributed by atoms with van der Waals surface area (Å²) < 4.78 is 14.2. The smallest absolute Gasteiger partial charge is 0.123 e. The van der Waals surface area contributed by atoms with E-state index in [2.05, 4.69) is 26.2 Å². The Hall–Kier alpha value is -0.780. The van der Waals surface area contributed by atoms with E-state index in [1.807, 2.05) is 19.4 Å². The lowest BCUT2D eigenvalue weighted by molar-refractivity contribution is 0.573. The number of hydrogen-bond donors (Lipinski definition) is 1. The van der Waals surface area contributed by atoms with Gasteiger partial charge in [-0.25, -0.2) is 9.37 Å². The SMILES string of the molecule is CNC(Cc1nc(C)cs1)c1cc(F)ccc1Br. The van der Waals surface area contributed by atoms with Crippen LogP contribution in [0.2, 0.25) is 0 Å². The fourth-order valence-electron chi connectivity index (χ4n) is 1.82. The van der Waals surface area contributed by atoms with Gasteiger partial charge in [0.15, 0.2) is 0 Å². The maximum absolute atomic E-state index is 13.3. The summed E-state index contributed by atoms with van der Waals surface area (Å²) in [5.41, 5.74) is 1.95. The van der Waals surface area contributed by atoms with Crippen LogP contribution in [0.4, 0.5) is 4.39 Å². The van der Waals surface area contributed by atoms with Crippen molar-refractivity contribution < 1.29 is 4.39 Å². The Morgan fingerprint density at radius 1 is 1.50 bits per heavy atom. The van der Waals surface area contributed by atoms with Crippen LogP contribution in [0.25, 0.3) is 0 Å². The number of nitrogens with zero attached hydrogens (tertiary/aromatic N) is 1. The van der Waals surface area contributed by atoms with E-state index in [1.165, 1.54) is 6.07 Å². The van der Waals surface area contributed by atoms with Gasteiger partial charge in [0, 0.05) is 28.0 Å². The molecule has 18 heavy (non-hydrogen) atoms. The van der Waals surface area contributed by atoms with E-state index in [4.69, 9.17) is 0 Å². The minimum absolute atomic E-state index is 0.0561. The second-order valence-electron chi connectivity index (χ2n) is 4.09. The fourth-order valence-corrected chi connectivity index (χ4v) is 3.16. The second-order valence-corrected chi connectivity index (χ2v) is 5.89. The van der Waals surface area contributed by atoms with Crippen molar-refractivity contribution in [2.75, 3.05) is 7.05 Å². The summed E-state index contributed by atoms with van der Waals surface area (Å²) in [7, 11) is 1.88. The number of hydrogen-bond acceptors (Lipinski definition) is 3. The number of rotatable bonds is 4. The van der Waals surface area contributed by atoms with Gasteiger partial charge in [-0.1, -0.05) is 15.9 Å². The zero-order valence-electron chi connectivity index (χ0n) is 10.2. The molecule has 5 heteroatoms. The third-order valence-electron chi connectivity index (χ3n) is 2.73. The van der Waals surface area contributed by atoms with Crippen molar-refractivity contribution in [3.05, 3.63) is 50.1 Å². The summed E-state index contributed by atoms with van der Waals surface area (Å²) in [6.07, 6.45) is 0.761. The quantitative estimate of drug-likeness (QED) is 0.921. The van der Waals surface area contributed by atoms with Crippen molar-refractivity contribution >= 4 is 27.3 Å². The highest BCUT2D eigenvalue weighted by Crippen LogP contribution is 2.27. The van der Waals surface area contributed by atoms with Crippen molar-refractivity contribution in [2.24, 2.45) is 0 Å². The normalized spacial score (nSPS) is 12.7. The van der Waals surface area contributed by atoms with Crippen molar-refractivity contribution in [1.29, 1.82) is 0 Å². The molecule has 0 radical (unpaired) electrons. The number of aryl methyl sites for hydroxylation is 1. The average molecular weight is 329 g/mol. The van der Waals surface area contributed by atoms with Crippen LogP contribution in [0, 0.1) is 12.7 Å². The molecule has 1 heterocycles. The molecule has 0 amide bonds. The van der Waals surface area contributed by atoms with Crippen LogP contribution < -0.4 is 5.32 Å². The van der Waals surface area contributed by atoms with E-state index < -0.39 is 0 Å². The summed E-state index contributed by atoms with van der Waals surface area (Å²) in [5, 5.41) is 6.30. The van der Waals surface area contributed by atoms with E-state index in [0.29, 0.717) is 0 Å². The molecule has 0 spiro atoms. The Balaban J connectivity index is 2.25. The standard InChI is InChI=1S/C13H14BrFN2S/c1-8-7-18-13(17-8)6-12(16-2)10-5-9(15)3-4-11(10)14/h3-5,7,12,16H,6H2,1-2H3. The number of aromatic nitrogens is 1. The minimum Gasteiger partial charge on any atom is -0.313 e. The van der Waals surface area contributed by atoms with E-state index in [9.17, 15) is 4.39 Å². The first kappa shape index (κ1) is 13.6. The maximum atomic E-state index is 13.3. The lowest BCUT2D eigenvalue weighted by atomic mass is 10.0. The number of thiazole rings is 1. The molecule has 0 saturated carbocycles. The highest BCUT2D eigenvalue weighted by molar-refractivity contribution is 9.10. The molecule has 2 nitrogen and oxygen atoms in total. The summed E-state index contributed by atoms with van der Waals surface area (Å²) >= 11 is 5.10. The second kappa shape index (κ2) is 5.91. The number of likely N-dealkylation sites (N-methyl/N-ethyl adjacent to an activating group) is 1. The molecule has 1 N–H and O–H groups in total. The molecule has 2 rings (SSSR count). The van der Waals surface area contributed by atoms with Gasteiger partial charge in [0.2, 0.25) is 0 Å². The Bertz CT molecular complexity index is 542. The van der Waals surface area contributed by atoms with Gasteiger partial charge >= 0.3 is 0 Å². The van der Waals surface area contributed by atoms with Gasteiger partial charge in [0.25, 0.3) is 0 Å². The van der Waals surface area contributed by atoms with E-state index >= 15 is 0 Å².